The summed E-state index contributed by atoms with van der Waals surface area (Å²) in [5.41, 5.74) is 1.42. The van der Waals surface area contributed by atoms with Crippen molar-refractivity contribution < 1.29 is 0 Å². The lowest BCUT2D eigenvalue weighted by Crippen LogP contribution is -1.83. The number of aromatic nitrogens is 1. The molecule has 0 unspecified atom stereocenters. The molecule has 0 atom stereocenters. The van der Waals surface area contributed by atoms with Gasteiger partial charge in [-0.2, -0.15) is 4.37 Å². The molecule has 1 aromatic carbocycles. The van der Waals surface area contributed by atoms with Crippen LogP contribution in [0.25, 0.3) is 10.1 Å². The number of benzene rings is 1. The average Bonchev–Trinajstić information content (AvgIpc) is 2.57. The molecule has 0 aliphatic carbocycles. The molecular weight excluding hydrogens is 258 g/mol. The van der Waals surface area contributed by atoms with Crippen LogP contribution in [-0.2, 0) is 6.42 Å². The largest absolute Gasteiger partial charge is 0.184 e. The number of hydrogen-bond donors (Lipinski definition) is 0. The summed E-state index contributed by atoms with van der Waals surface area (Å²) in [6, 6.07) is 6.63. The highest BCUT2D eigenvalue weighted by atomic mass is 79.9. The standard InChI is InChI=1S/C11H12BrNS/c1-2-3-4-8-5-6-10-9(7-8)11(12)13-14-10/h5-7H,2-4H2,1H3. The zero-order valence-electron chi connectivity index (χ0n) is 8.09. The fourth-order valence-electron chi connectivity index (χ4n) is 1.49. The van der Waals surface area contributed by atoms with Gasteiger partial charge in [0.25, 0.3) is 0 Å². The van der Waals surface area contributed by atoms with Gasteiger partial charge >= 0.3 is 0 Å². The summed E-state index contributed by atoms with van der Waals surface area (Å²) in [5, 5.41) is 1.25. The smallest absolute Gasteiger partial charge is 0.127 e. The number of hydrogen-bond acceptors (Lipinski definition) is 2. The second-order valence-electron chi connectivity index (χ2n) is 3.41. The maximum absolute atomic E-state index is 4.28. The molecule has 0 radical (unpaired) electrons. The van der Waals surface area contributed by atoms with Crippen molar-refractivity contribution >= 4 is 37.5 Å². The third kappa shape index (κ3) is 1.98. The molecule has 0 amide bonds. The summed E-state index contributed by atoms with van der Waals surface area (Å²) in [7, 11) is 0. The average molecular weight is 270 g/mol. The molecule has 0 fully saturated rings. The van der Waals surface area contributed by atoms with Crippen LogP contribution in [0.2, 0.25) is 0 Å². The van der Waals surface area contributed by atoms with Crippen molar-refractivity contribution in [1.82, 2.24) is 4.37 Å². The summed E-state index contributed by atoms with van der Waals surface area (Å²) in [4.78, 5) is 0. The first-order valence-electron chi connectivity index (χ1n) is 4.85. The van der Waals surface area contributed by atoms with Crippen LogP contribution >= 0.6 is 27.5 Å². The number of nitrogens with zero attached hydrogens (tertiary/aromatic N) is 1. The van der Waals surface area contributed by atoms with Gasteiger partial charge in [0, 0.05) is 5.39 Å². The summed E-state index contributed by atoms with van der Waals surface area (Å²) in [6.07, 6.45) is 3.69. The normalized spacial score (nSPS) is 11.0. The van der Waals surface area contributed by atoms with Crippen LogP contribution in [0, 0.1) is 0 Å². The molecule has 1 nitrogen and oxygen atoms in total. The van der Waals surface area contributed by atoms with Crippen LogP contribution in [-0.4, -0.2) is 4.37 Å². The van der Waals surface area contributed by atoms with Gasteiger partial charge in [0.2, 0.25) is 0 Å². The topological polar surface area (TPSA) is 12.9 Å². The van der Waals surface area contributed by atoms with E-state index < -0.39 is 0 Å². The summed E-state index contributed by atoms with van der Waals surface area (Å²) >= 11 is 5.02. The lowest BCUT2D eigenvalue weighted by molar-refractivity contribution is 0.796. The molecule has 0 aliphatic rings. The minimum Gasteiger partial charge on any atom is -0.184 e. The van der Waals surface area contributed by atoms with Crippen molar-refractivity contribution in [1.29, 1.82) is 0 Å². The Morgan fingerprint density at radius 3 is 3.07 bits per heavy atom. The zero-order valence-corrected chi connectivity index (χ0v) is 10.5. The minimum atomic E-state index is 0.982. The first kappa shape index (κ1) is 10.1. The zero-order chi connectivity index (χ0) is 9.97. The number of unbranched alkanes of at least 4 members (excludes halogenated alkanes) is 1. The van der Waals surface area contributed by atoms with Crippen LogP contribution in [0.3, 0.4) is 0 Å². The minimum absolute atomic E-state index is 0.982. The van der Waals surface area contributed by atoms with Crippen LogP contribution in [0.4, 0.5) is 0 Å². The van der Waals surface area contributed by atoms with E-state index in [2.05, 4.69) is 45.4 Å². The SMILES string of the molecule is CCCCc1ccc2snc(Br)c2c1. The van der Waals surface area contributed by atoms with Crippen molar-refractivity contribution in [3.8, 4) is 0 Å². The Bertz CT molecular complexity index is 436. The van der Waals surface area contributed by atoms with E-state index in [9.17, 15) is 0 Å². The van der Waals surface area contributed by atoms with Crippen molar-refractivity contribution in [3.63, 3.8) is 0 Å². The number of halogens is 1. The summed E-state index contributed by atoms with van der Waals surface area (Å²) in [6.45, 7) is 2.22. The van der Waals surface area contributed by atoms with Gasteiger partial charge in [0.1, 0.15) is 4.60 Å². The molecule has 2 aromatic rings. The molecule has 1 heterocycles. The van der Waals surface area contributed by atoms with E-state index in [1.165, 1.54) is 34.9 Å². The third-order valence-corrected chi connectivity index (χ3v) is 3.98. The Labute approximate surface area is 96.4 Å². The number of rotatable bonds is 3. The van der Waals surface area contributed by atoms with Gasteiger partial charge in [0.15, 0.2) is 0 Å². The highest BCUT2D eigenvalue weighted by Gasteiger charge is 2.03. The molecular formula is C11H12BrNS. The van der Waals surface area contributed by atoms with E-state index >= 15 is 0 Å². The second kappa shape index (κ2) is 4.41. The molecule has 3 heteroatoms. The molecule has 0 saturated heterocycles. The first-order chi connectivity index (χ1) is 6.81. The van der Waals surface area contributed by atoms with Gasteiger partial charge in [-0.25, -0.2) is 0 Å². The Morgan fingerprint density at radius 1 is 1.43 bits per heavy atom. The maximum atomic E-state index is 4.28. The van der Waals surface area contributed by atoms with Gasteiger partial charge < -0.3 is 0 Å². The Hall–Kier alpha value is -0.410. The quantitative estimate of drug-likeness (QED) is 0.805. The fraction of sp³-hybridized carbons (Fsp3) is 0.364. The Kier molecular flexibility index (Phi) is 3.19. The summed E-state index contributed by atoms with van der Waals surface area (Å²) < 4.78 is 6.52. The van der Waals surface area contributed by atoms with E-state index in [1.54, 1.807) is 11.5 Å². The van der Waals surface area contributed by atoms with E-state index in [0.717, 1.165) is 4.60 Å². The molecule has 14 heavy (non-hydrogen) atoms. The third-order valence-electron chi connectivity index (χ3n) is 2.31. The molecule has 0 aliphatic heterocycles. The van der Waals surface area contributed by atoms with Crippen molar-refractivity contribution in [3.05, 3.63) is 28.4 Å². The monoisotopic (exact) mass is 269 g/mol. The molecule has 2 rings (SSSR count). The molecule has 0 N–H and O–H groups in total. The summed E-state index contributed by atoms with van der Waals surface area (Å²) in [5.74, 6) is 0. The van der Waals surface area contributed by atoms with Gasteiger partial charge in [-0.15, -0.1) is 0 Å². The van der Waals surface area contributed by atoms with Crippen LogP contribution in [0.5, 0.6) is 0 Å². The lowest BCUT2D eigenvalue weighted by atomic mass is 10.1. The molecule has 0 bridgehead atoms. The van der Waals surface area contributed by atoms with Crippen LogP contribution < -0.4 is 0 Å². The highest BCUT2D eigenvalue weighted by molar-refractivity contribution is 9.10. The van der Waals surface area contributed by atoms with Crippen molar-refractivity contribution in [2.24, 2.45) is 0 Å². The predicted molar refractivity (Wildman–Crippen MR) is 65.9 cm³/mol. The van der Waals surface area contributed by atoms with E-state index in [0.29, 0.717) is 0 Å². The van der Waals surface area contributed by atoms with Crippen LogP contribution in [0.1, 0.15) is 25.3 Å². The molecule has 74 valence electrons. The maximum Gasteiger partial charge on any atom is 0.127 e. The Balaban J connectivity index is 2.34. The molecule has 1 aromatic heterocycles. The predicted octanol–water partition coefficient (Wildman–Crippen LogP) is 4.40. The lowest BCUT2D eigenvalue weighted by Gasteiger charge is -1.99. The van der Waals surface area contributed by atoms with Gasteiger partial charge in [-0.05, 0) is 58.0 Å². The fourth-order valence-corrected chi connectivity index (χ4v) is 2.83. The van der Waals surface area contributed by atoms with Gasteiger partial charge in [-0.1, -0.05) is 19.4 Å². The molecule has 0 spiro atoms. The van der Waals surface area contributed by atoms with Gasteiger partial charge in [-0.3, -0.25) is 0 Å². The van der Waals surface area contributed by atoms with Crippen molar-refractivity contribution in [2.75, 3.05) is 0 Å². The van der Waals surface area contributed by atoms with Crippen LogP contribution in [0.15, 0.2) is 22.8 Å². The van der Waals surface area contributed by atoms with E-state index in [4.69, 9.17) is 0 Å². The van der Waals surface area contributed by atoms with Gasteiger partial charge in [0.05, 0.1) is 4.70 Å². The van der Waals surface area contributed by atoms with E-state index in [-0.39, 0.29) is 0 Å². The number of aryl methyl sites for hydroxylation is 1. The highest BCUT2D eigenvalue weighted by Crippen LogP contribution is 2.27. The Morgan fingerprint density at radius 2 is 2.29 bits per heavy atom. The molecule has 0 saturated carbocycles. The number of fused-ring (bicyclic) bond motifs is 1. The van der Waals surface area contributed by atoms with Crippen molar-refractivity contribution in [2.45, 2.75) is 26.2 Å². The first-order valence-corrected chi connectivity index (χ1v) is 6.41. The second-order valence-corrected chi connectivity index (χ2v) is 4.96. The van der Waals surface area contributed by atoms with E-state index in [1.807, 2.05) is 0 Å².